The van der Waals surface area contributed by atoms with Crippen LogP contribution in [-0.2, 0) is 0 Å². The number of hydrogen-bond donors (Lipinski definition) is 3. The Hall–Kier alpha value is -1.47. The normalized spacial score (nSPS) is 19.1. The summed E-state index contributed by atoms with van der Waals surface area (Å²) in [6.45, 7) is 5.51. The molecule has 2 atom stereocenters. The van der Waals surface area contributed by atoms with Crippen LogP contribution in [0.2, 0.25) is 0 Å². The molecule has 0 radical (unpaired) electrons. The molecule has 7 heteroatoms. The first-order chi connectivity index (χ1) is 8.61. The molecule has 0 spiro atoms. The topological polar surface area (TPSA) is 92.1 Å². The molecule has 1 aromatic rings. The second-order valence-electron chi connectivity index (χ2n) is 4.82. The van der Waals surface area contributed by atoms with Crippen LogP contribution in [0.4, 0.5) is 0 Å². The molecule has 0 aliphatic carbocycles. The van der Waals surface area contributed by atoms with Gasteiger partial charge in [-0.1, -0.05) is 12.1 Å². The van der Waals surface area contributed by atoms with Crippen molar-refractivity contribution in [2.24, 2.45) is 5.92 Å². The Morgan fingerprint density at radius 2 is 2.39 bits per heavy atom. The number of carbonyl (C=O) groups is 1. The molecule has 0 bridgehead atoms. The second kappa shape index (κ2) is 5.45. The minimum atomic E-state index is -0.249. The molecule has 18 heavy (non-hydrogen) atoms. The van der Waals surface area contributed by atoms with Gasteiger partial charge in [-0.2, -0.15) is 0 Å². The van der Waals surface area contributed by atoms with E-state index in [1.165, 1.54) is 0 Å². The Bertz CT molecular complexity index is 415. The Kier molecular flexibility index (Phi) is 3.93. The molecule has 1 aliphatic heterocycles. The zero-order valence-electron chi connectivity index (χ0n) is 10.6. The van der Waals surface area contributed by atoms with Crippen molar-refractivity contribution < 1.29 is 9.90 Å². The number of nitrogens with one attached hydrogen (secondary N) is 2. The first-order valence-electron chi connectivity index (χ1n) is 6.16. The number of carbonyl (C=O) groups excluding carboxylic acids is 1. The molecule has 3 N–H and O–H groups in total. The molecule has 1 saturated heterocycles. The van der Waals surface area contributed by atoms with Gasteiger partial charge in [0.25, 0.3) is 5.91 Å². The predicted octanol–water partition coefficient (Wildman–Crippen LogP) is -0.831. The highest BCUT2D eigenvalue weighted by atomic mass is 16.3. The molecule has 2 heterocycles. The van der Waals surface area contributed by atoms with Gasteiger partial charge in [-0.05, 0) is 12.8 Å². The molecule has 1 aliphatic rings. The number of aliphatic hydroxyl groups excluding tert-OH is 1. The summed E-state index contributed by atoms with van der Waals surface area (Å²) in [7, 11) is 0. The molecular formula is C11H19N5O2. The highest BCUT2D eigenvalue weighted by molar-refractivity contribution is 5.92. The van der Waals surface area contributed by atoms with E-state index in [-0.39, 0.29) is 24.5 Å². The molecule has 1 aromatic heterocycles. The minimum Gasteiger partial charge on any atom is -0.396 e. The van der Waals surface area contributed by atoms with Gasteiger partial charge in [0.1, 0.15) is 0 Å². The molecule has 0 aromatic carbocycles. The van der Waals surface area contributed by atoms with Crippen LogP contribution in [0.15, 0.2) is 6.20 Å². The zero-order valence-corrected chi connectivity index (χ0v) is 10.6. The number of amides is 1. The van der Waals surface area contributed by atoms with Gasteiger partial charge < -0.3 is 15.7 Å². The van der Waals surface area contributed by atoms with Crippen molar-refractivity contribution in [1.29, 1.82) is 0 Å². The monoisotopic (exact) mass is 253 g/mol. The van der Waals surface area contributed by atoms with Crippen LogP contribution in [0.5, 0.6) is 0 Å². The van der Waals surface area contributed by atoms with E-state index >= 15 is 0 Å². The highest BCUT2D eigenvalue weighted by Gasteiger charge is 2.22. The van der Waals surface area contributed by atoms with Gasteiger partial charge in [0.15, 0.2) is 5.69 Å². The van der Waals surface area contributed by atoms with Gasteiger partial charge in [0.05, 0.1) is 12.2 Å². The van der Waals surface area contributed by atoms with Crippen LogP contribution in [-0.4, -0.2) is 51.7 Å². The van der Waals surface area contributed by atoms with Gasteiger partial charge in [0, 0.05) is 25.7 Å². The maximum absolute atomic E-state index is 11.9. The van der Waals surface area contributed by atoms with Crippen LogP contribution in [0.3, 0.4) is 0 Å². The van der Waals surface area contributed by atoms with Crippen molar-refractivity contribution in [1.82, 2.24) is 25.6 Å². The SMILES string of the molecule is CC(CO)C(C)NC(=O)c1cn(C2CNC2)nn1. The average Bonchev–Trinajstić information content (AvgIpc) is 2.74. The van der Waals surface area contributed by atoms with Crippen molar-refractivity contribution in [3.63, 3.8) is 0 Å². The summed E-state index contributed by atoms with van der Waals surface area (Å²) in [5.41, 5.74) is 0.318. The summed E-state index contributed by atoms with van der Waals surface area (Å²) in [6, 6.07) is 0.200. The number of rotatable bonds is 5. The van der Waals surface area contributed by atoms with E-state index in [0.717, 1.165) is 13.1 Å². The summed E-state index contributed by atoms with van der Waals surface area (Å²) in [4.78, 5) is 11.9. The van der Waals surface area contributed by atoms with E-state index in [2.05, 4.69) is 20.9 Å². The lowest BCUT2D eigenvalue weighted by atomic mass is 10.1. The molecule has 100 valence electrons. The maximum Gasteiger partial charge on any atom is 0.273 e. The van der Waals surface area contributed by atoms with Crippen LogP contribution < -0.4 is 10.6 Å². The number of nitrogens with zero attached hydrogens (tertiary/aromatic N) is 3. The zero-order chi connectivity index (χ0) is 13.1. The number of hydrogen-bond acceptors (Lipinski definition) is 5. The van der Waals surface area contributed by atoms with Crippen molar-refractivity contribution in [2.75, 3.05) is 19.7 Å². The van der Waals surface area contributed by atoms with Gasteiger partial charge in [-0.25, -0.2) is 4.68 Å². The lowest BCUT2D eigenvalue weighted by Crippen LogP contribution is -2.43. The van der Waals surface area contributed by atoms with Crippen LogP contribution >= 0.6 is 0 Å². The average molecular weight is 253 g/mol. The quantitative estimate of drug-likeness (QED) is 0.637. The molecule has 2 unspecified atom stereocenters. The molecule has 2 rings (SSSR count). The van der Waals surface area contributed by atoms with E-state index in [0.29, 0.717) is 11.7 Å². The maximum atomic E-state index is 11.9. The molecule has 0 saturated carbocycles. The Morgan fingerprint density at radius 3 is 2.94 bits per heavy atom. The van der Waals surface area contributed by atoms with E-state index < -0.39 is 0 Å². The molecule has 1 fully saturated rings. The number of aliphatic hydroxyl groups is 1. The third kappa shape index (κ3) is 2.68. The molecule has 1 amide bonds. The van der Waals surface area contributed by atoms with Gasteiger partial charge in [-0.3, -0.25) is 4.79 Å². The van der Waals surface area contributed by atoms with Crippen molar-refractivity contribution in [2.45, 2.75) is 25.9 Å². The minimum absolute atomic E-state index is 0.0137. The highest BCUT2D eigenvalue weighted by Crippen LogP contribution is 2.10. The summed E-state index contributed by atoms with van der Waals surface area (Å²) in [5, 5.41) is 22.8. The largest absolute Gasteiger partial charge is 0.396 e. The van der Waals surface area contributed by atoms with Crippen LogP contribution in [0.25, 0.3) is 0 Å². The Morgan fingerprint density at radius 1 is 1.67 bits per heavy atom. The number of aromatic nitrogens is 3. The standard InChI is InChI=1S/C11H19N5O2/c1-7(6-17)8(2)13-11(18)10-5-16(15-14-10)9-3-12-4-9/h5,7-9,12,17H,3-4,6H2,1-2H3,(H,13,18). The van der Waals surface area contributed by atoms with E-state index in [1.807, 2.05) is 13.8 Å². The third-order valence-corrected chi connectivity index (χ3v) is 3.38. The van der Waals surface area contributed by atoms with E-state index in [1.54, 1.807) is 10.9 Å². The van der Waals surface area contributed by atoms with Gasteiger partial charge in [-0.15, -0.1) is 5.10 Å². The fraction of sp³-hybridized carbons (Fsp3) is 0.727. The predicted molar refractivity (Wildman–Crippen MR) is 65.1 cm³/mol. The first-order valence-corrected chi connectivity index (χ1v) is 6.16. The van der Waals surface area contributed by atoms with E-state index in [4.69, 9.17) is 5.11 Å². The van der Waals surface area contributed by atoms with Crippen molar-refractivity contribution >= 4 is 5.91 Å². The smallest absolute Gasteiger partial charge is 0.273 e. The summed E-state index contributed by atoms with van der Waals surface area (Å²) < 4.78 is 1.71. The summed E-state index contributed by atoms with van der Waals surface area (Å²) >= 11 is 0. The van der Waals surface area contributed by atoms with Crippen LogP contribution in [0, 0.1) is 5.92 Å². The first kappa shape index (κ1) is 13.0. The van der Waals surface area contributed by atoms with Gasteiger partial charge >= 0.3 is 0 Å². The van der Waals surface area contributed by atoms with Gasteiger partial charge in [0.2, 0.25) is 0 Å². The fourth-order valence-corrected chi connectivity index (χ4v) is 1.60. The van der Waals surface area contributed by atoms with Crippen molar-refractivity contribution in [3.8, 4) is 0 Å². The van der Waals surface area contributed by atoms with Crippen molar-refractivity contribution in [3.05, 3.63) is 11.9 Å². The Labute approximate surface area is 106 Å². The lowest BCUT2D eigenvalue weighted by molar-refractivity contribution is 0.0911. The summed E-state index contributed by atoms with van der Waals surface area (Å²) in [6.07, 6.45) is 1.66. The molecular weight excluding hydrogens is 234 g/mol. The van der Waals surface area contributed by atoms with Crippen LogP contribution in [0.1, 0.15) is 30.4 Å². The fourth-order valence-electron chi connectivity index (χ4n) is 1.60. The lowest BCUT2D eigenvalue weighted by Gasteiger charge is -2.26. The Balaban J connectivity index is 1.94. The molecule has 7 nitrogen and oxygen atoms in total. The summed E-state index contributed by atoms with van der Waals surface area (Å²) in [5.74, 6) is -0.235. The third-order valence-electron chi connectivity index (χ3n) is 3.38. The second-order valence-corrected chi connectivity index (χ2v) is 4.82. The van der Waals surface area contributed by atoms with E-state index in [9.17, 15) is 4.79 Å².